The number of benzene rings is 1. The Labute approximate surface area is 101 Å². The Balaban J connectivity index is 2.02. The molecule has 1 heterocycles. The van der Waals surface area contributed by atoms with Crippen LogP contribution in [0.4, 0.5) is 5.82 Å². The second kappa shape index (κ2) is 5.30. The van der Waals surface area contributed by atoms with E-state index in [9.17, 15) is 0 Å². The second-order valence-corrected chi connectivity index (χ2v) is 3.87. The number of anilines is 1. The second-order valence-electron chi connectivity index (χ2n) is 3.87. The predicted molar refractivity (Wildman–Crippen MR) is 67.1 cm³/mol. The number of hydrogen-bond donors (Lipinski definition) is 0. The van der Waals surface area contributed by atoms with E-state index in [1.807, 2.05) is 55.4 Å². The van der Waals surface area contributed by atoms with Gasteiger partial charge in [-0.25, -0.2) is 4.98 Å². The Kier molecular flexibility index (Phi) is 3.55. The van der Waals surface area contributed by atoms with Crippen molar-refractivity contribution in [2.45, 2.75) is 6.61 Å². The summed E-state index contributed by atoms with van der Waals surface area (Å²) in [5.41, 5.74) is 1.10. The SMILES string of the molecule is CN(C)c1ccnc(OCc2ccccc2)n1. The maximum Gasteiger partial charge on any atom is 0.318 e. The molecule has 0 spiro atoms. The van der Waals surface area contributed by atoms with Crippen molar-refractivity contribution in [2.24, 2.45) is 0 Å². The lowest BCUT2D eigenvalue weighted by Gasteiger charge is -2.11. The van der Waals surface area contributed by atoms with Gasteiger partial charge in [0.15, 0.2) is 0 Å². The Morgan fingerprint density at radius 1 is 1.12 bits per heavy atom. The molecule has 0 atom stereocenters. The molecule has 0 aliphatic heterocycles. The average Bonchev–Trinajstić information content (AvgIpc) is 2.38. The minimum Gasteiger partial charge on any atom is -0.459 e. The van der Waals surface area contributed by atoms with Gasteiger partial charge in [0.2, 0.25) is 0 Å². The largest absolute Gasteiger partial charge is 0.459 e. The molecular formula is C13H15N3O. The number of hydrogen-bond acceptors (Lipinski definition) is 4. The lowest BCUT2D eigenvalue weighted by atomic mass is 10.2. The monoisotopic (exact) mass is 229 g/mol. The van der Waals surface area contributed by atoms with Crippen molar-refractivity contribution >= 4 is 5.82 Å². The third-order valence-corrected chi connectivity index (χ3v) is 2.29. The van der Waals surface area contributed by atoms with E-state index >= 15 is 0 Å². The number of aromatic nitrogens is 2. The van der Waals surface area contributed by atoms with Crippen LogP contribution < -0.4 is 9.64 Å². The van der Waals surface area contributed by atoms with E-state index in [0.29, 0.717) is 12.6 Å². The van der Waals surface area contributed by atoms with Crippen LogP contribution in [0.3, 0.4) is 0 Å². The van der Waals surface area contributed by atoms with Crippen molar-refractivity contribution in [3.63, 3.8) is 0 Å². The lowest BCUT2D eigenvalue weighted by molar-refractivity contribution is 0.281. The summed E-state index contributed by atoms with van der Waals surface area (Å²) in [6.07, 6.45) is 1.70. The Morgan fingerprint density at radius 3 is 2.59 bits per heavy atom. The van der Waals surface area contributed by atoms with Crippen molar-refractivity contribution in [3.8, 4) is 6.01 Å². The number of nitrogens with zero attached hydrogens (tertiary/aromatic N) is 3. The molecule has 2 aromatic rings. The van der Waals surface area contributed by atoms with Crippen LogP contribution in [0.25, 0.3) is 0 Å². The van der Waals surface area contributed by atoms with E-state index in [4.69, 9.17) is 4.74 Å². The molecule has 17 heavy (non-hydrogen) atoms. The van der Waals surface area contributed by atoms with Crippen LogP contribution in [-0.2, 0) is 6.61 Å². The molecule has 0 bridgehead atoms. The van der Waals surface area contributed by atoms with Gasteiger partial charge >= 0.3 is 6.01 Å². The van der Waals surface area contributed by atoms with Gasteiger partial charge in [0.1, 0.15) is 12.4 Å². The molecule has 0 saturated carbocycles. The third-order valence-electron chi connectivity index (χ3n) is 2.29. The van der Waals surface area contributed by atoms with Crippen LogP contribution in [0.1, 0.15) is 5.56 Å². The Morgan fingerprint density at radius 2 is 1.88 bits per heavy atom. The summed E-state index contributed by atoms with van der Waals surface area (Å²) in [5, 5.41) is 0. The summed E-state index contributed by atoms with van der Waals surface area (Å²) in [5.74, 6) is 0.836. The molecule has 4 heteroatoms. The Bertz CT molecular complexity index is 471. The van der Waals surface area contributed by atoms with Crippen LogP contribution in [0.2, 0.25) is 0 Å². The zero-order valence-electron chi connectivity index (χ0n) is 10.00. The molecule has 0 unspecified atom stereocenters. The minimum atomic E-state index is 0.403. The molecule has 1 aromatic heterocycles. The van der Waals surface area contributed by atoms with E-state index in [-0.39, 0.29) is 0 Å². The quantitative estimate of drug-likeness (QED) is 0.805. The molecule has 0 N–H and O–H groups in total. The topological polar surface area (TPSA) is 38.2 Å². The molecule has 1 aromatic carbocycles. The smallest absolute Gasteiger partial charge is 0.318 e. The zero-order chi connectivity index (χ0) is 12.1. The summed E-state index contributed by atoms with van der Waals surface area (Å²) < 4.78 is 5.53. The molecular weight excluding hydrogens is 214 g/mol. The first-order chi connectivity index (χ1) is 8.25. The maximum absolute atomic E-state index is 5.53. The van der Waals surface area contributed by atoms with E-state index in [2.05, 4.69) is 9.97 Å². The summed E-state index contributed by atoms with van der Waals surface area (Å²) in [6.45, 7) is 0.484. The van der Waals surface area contributed by atoms with Gasteiger partial charge in [-0.3, -0.25) is 0 Å². The molecule has 0 fully saturated rings. The summed E-state index contributed by atoms with van der Waals surface area (Å²) in [7, 11) is 3.87. The van der Waals surface area contributed by atoms with E-state index < -0.39 is 0 Å². The first kappa shape index (κ1) is 11.4. The van der Waals surface area contributed by atoms with E-state index in [0.717, 1.165) is 11.4 Å². The normalized spacial score (nSPS) is 10.0. The summed E-state index contributed by atoms with van der Waals surface area (Å²) >= 11 is 0. The van der Waals surface area contributed by atoms with Crippen LogP contribution in [0, 0.1) is 0 Å². The molecule has 0 amide bonds. The van der Waals surface area contributed by atoms with Crippen LogP contribution in [-0.4, -0.2) is 24.1 Å². The highest BCUT2D eigenvalue weighted by Crippen LogP contribution is 2.11. The number of ether oxygens (including phenoxy) is 1. The highest BCUT2D eigenvalue weighted by Gasteiger charge is 2.02. The standard InChI is InChI=1S/C13H15N3O/c1-16(2)12-8-9-14-13(15-12)17-10-11-6-4-3-5-7-11/h3-9H,10H2,1-2H3. The molecule has 0 radical (unpaired) electrons. The lowest BCUT2D eigenvalue weighted by Crippen LogP contribution is -2.11. The van der Waals surface area contributed by atoms with Crippen molar-refractivity contribution in [1.82, 2.24) is 9.97 Å². The van der Waals surface area contributed by atoms with Gasteiger partial charge in [0.05, 0.1) is 0 Å². The number of rotatable bonds is 4. The first-order valence-corrected chi connectivity index (χ1v) is 5.43. The average molecular weight is 229 g/mol. The maximum atomic E-state index is 5.53. The van der Waals surface area contributed by atoms with Gasteiger partial charge in [-0.15, -0.1) is 0 Å². The predicted octanol–water partition coefficient (Wildman–Crippen LogP) is 2.12. The first-order valence-electron chi connectivity index (χ1n) is 5.43. The zero-order valence-corrected chi connectivity index (χ0v) is 10.00. The minimum absolute atomic E-state index is 0.403. The van der Waals surface area contributed by atoms with Crippen molar-refractivity contribution in [1.29, 1.82) is 0 Å². The van der Waals surface area contributed by atoms with Gasteiger partial charge in [-0.2, -0.15) is 4.98 Å². The summed E-state index contributed by atoms with van der Waals surface area (Å²) in [6, 6.07) is 12.2. The van der Waals surface area contributed by atoms with Gasteiger partial charge in [0.25, 0.3) is 0 Å². The van der Waals surface area contributed by atoms with E-state index in [1.54, 1.807) is 6.20 Å². The fourth-order valence-corrected chi connectivity index (χ4v) is 1.37. The van der Waals surface area contributed by atoms with E-state index in [1.165, 1.54) is 0 Å². The fourth-order valence-electron chi connectivity index (χ4n) is 1.37. The Hall–Kier alpha value is -2.10. The van der Waals surface area contributed by atoms with Gasteiger partial charge in [-0.05, 0) is 11.6 Å². The molecule has 0 saturated heterocycles. The van der Waals surface area contributed by atoms with Gasteiger partial charge in [-0.1, -0.05) is 30.3 Å². The molecule has 2 rings (SSSR count). The van der Waals surface area contributed by atoms with Gasteiger partial charge in [0, 0.05) is 20.3 Å². The van der Waals surface area contributed by atoms with Crippen molar-refractivity contribution in [3.05, 3.63) is 48.2 Å². The van der Waals surface area contributed by atoms with Crippen molar-refractivity contribution < 1.29 is 4.74 Å². The molecule has 88 valence electrons. The molecule has 4 nitrogen and oxygen atoms in total. The fraction of sp³-hybridized carbons (Fsp3) is 0.231. The van der Waals surface area contributed by atoms with Crippen LogP contribution in [0.5, 0.6) is 6.01 Å². The van der Waals surface area contributed by atoms with Gasteiger partial charge < -0.3 is 9.64 Å². The molecule has 0 aliphatic rings. The highest BCUT2D eigenvalue weighted by atomic mass is 16.5. The third kappa shape index (κ3) is 3.17. The van der Waals surface area contributed by atoms with Crippen molar-refractivity contribution in [2.75, 3.05) is 19.0 Å². The molecule has 0 aliphatic carbocycles. The summed E-state index contributed by atoms with van der Waals surface area (Å²) in [4.78, 5) is 10.3. The van der Waals surface area contributed by atoms with Crippen LogP contribution in [0.15, 0.2) is 42.6 Å². The highest BCUT2D eigenvalue weighted by molar-refractivity contribution is 5.35. The van der Waals surface area contributed by atoms with Crippen LogP contribution >= 0.6 is 0 Å².